The minimum Gasteiger partial charge on any atom is -0.507 e. The van der Waals surface area contributed by atoms with Crippen LogP contribution in [-0.2, 0) is 6.42 Å². The molecule has 0 aromatic heterocycles. The van der Waals surface area contributed by atoms with Crippen molar-refractivity contribution in [2.24, 2.45) is 0 Å². The van der Waals surface area contributed by atoms with Crippen LogP contribution >= 0.6 is 0 Å². The van der Waals surface area contributed by atoms with E-state index in [9.17, 15) is 5.11 Å². The number of aromatic hydroxyl groups is 1. The van der Waals surface area contributed by atoms with E-state index in [1.165, 1.54) is 5.56 Å². The quantitative estimate of drug-likeness (QED) is 0.704. The molecule has 1 aromatic rings. The molecule has 2 rings (SSSR count). The zero-order valence-corrected chi connectivity index (χ0v) is 9.77. The van der Waals surface area contributed by atoms with Crippen LogP contribution in [0.25, 0.3) is 0 Å². The fourth-order valence-electron chi connectivity index (χ4n) is 2.13. The lowest BCUT2D eigenvalue weighted by molar-refractivity contribution is 0.291. The lowest BCUT2D eigenvalue weighted by Crippen LogP contribution is -2.14. The van der Waals surface area contributed by atoms with Gasteiger partial charge < -0.3 is 9.84 Å². The Morgan fingerprint density at radius 1 is 0.933 bits per heavy atom. The topological polar surface area (TPSA) is 29.5 Å². The molecule has 0 saturated carbocycles. The summed E-state index contributed by atoms with van der Waals surface area (Å²) < 4.78 is 5.78. The van der Waals surface area contributed by atoms with E-state index in [1.54, 1.807) is 0 Å². The summed E-state index contributed by atoms with van der Waals surface area (Å²) in [5.74, 6) is 1.39. The molecule has 0 saturated heterocycles. The number of phenolic OH excluding ortho intramolecular Hbond substituents is 1. The second-order valence-corrected chi connectivity index (χ2v) is 4.34. The van der Waals surface area contributed by atoms with E-state index in [0.29, 0.717) is 5.75 Å². The highest BCUT2D eigenvalue weighted by molar-refractivity contribution is 5.58. The Morgan fingerprint density at radius 2 is 1.60 bits per heavy atom. The summed E-state index contributed by atoms with van der Waals surface area (Å²) in [4.78, 5) is 0. The van der Waals surface area contributed by atoms with Crippen molar-refractivity contribution in [3.63, 3.8) is 0 Å². The van der Waals surface area contributed by atoms with Crippen molar-refractivity contribution in [2.75, 3.05) is 0 Å². The molecule has 1 heterocycles. The minimum atomic E-state index is 0.425. The predicted octanol–water partition coefficient (Wildman–Crippen LogP) is 3.19. The summed E-state index contributed by atoms with van der Waals surface area (Å²) in [5, 5.41) is 9.95. The average Bonchev–Trinajstić information content (AvgIpc) is 2.23. The Bertz CT molecular complexity index is 408. The van der Waals surface area contributed by atoms with Gasteiger partial charge in [-0.1, -0.05) is 0 Å². The van der Waals surface area contributed by atoms with Gasteiger partial charge in [0.2, 0.25) is 0 Å². The molecule has 81 valence electrons. The summed E-state index contributed by atoms with van der Waals surface area (Å²) >= 11 is 0. The molecule has 1 aliphatic heterocycles. The van der Waals surface area contributed by atoms with Gasteiger partial charge in [0.25, 0.3) is 0 Å². The molecule has 15 heavy (non-hydrogen) atoms. The summed E-state index contributed by atoms with van der Waals surface area (Å²) in [6, 6.07) is 0. The largest absolute Gasteiger partial charge is 0.507 e. The van der Waals surface area contributed by atoms with E-state index in [2.05, 4.69) is 0 Å². The van der Waals surface area contributed by atoms with Crippen LogP contribution in [-0.4, -0.2) is 5.11 Å². The first-order chi connectivity index (χ1) is 7.02. The van der Waals surface area contributed by atoms with Crippen molar-refractivity contribution in [3.8, 4) is 11.5 Å². The Morgan fingerprint density at radius 3 is 2.27 bits per heavy atom. The molecular weight excluding hydrogens is 188 g/mol. The normalized spacial score (nSPS) is 16.0. The van der Waals surface area contributed by atoms with Gasteiger partial charge in [0.05, 0.1) is 0 Å². The van der Waals surface area contributed by atoms with Crippen LogP contribution < -0.4 is 4.74 Å². The fourth-order valence-corrected chi connectivity index (χ4v) is 2.13. The van der Waals surface area contributed by atoms with Gasteiger partial charge in [-0.2, -0.15) is 0 Å². The third kappa shape index (κ3) is 1.48. The zero-order chi connectivity index (χ0) is 11.2. The van der Waals surface area contributed by atoms with Gasteiger partial charge in [0, 0.05) is 5.56 Å². The minimum absolute atomic E-state index is 0.425. The number of phenols is 1. The van der Waals surface area contributed by atoms with E-state index >= 15 is 0 Å². The second kappa shape index (κ2) is 3.44. The van der Waals surface area contributed by atoms with Crippen LogP contribution in [0, 0.1) is 26.9 Å². The molecule has 0 atom stereocenters. The molecule has 2 nitrogen and oxygen atoms in total. The van der Waals surface area contributed by atoms with Gasteiger partial charge in [0.1, 0.15) is 17.6 Å². The summed E-state index contributed by atoms with van der Waals surface area (Å²) in [6.07, 6.45) is 2.99. The van der Waals surface area contributed by atoms with Crippen molar-refractivity contribution >= 4 is 0 Å². The number of benzene rings is 1. The molecule has 0 fully saturated rings. The van der Waals surface area contributed by atoms with E-state index in [-0.39, 0.29) is 0 Å². The van der Waals surface area contributed by atoms with Crippen molar-refractivity contribution in [3.05, 3.63) is 28.4 Å². The second-order valence-electron chi connectivity index (χ2n) is 4.34. The van der Waals surface area contributed by atoms with E-state index in [0.717, 1.165) is 41.4 Å². The molecule has 1 aliphatic rings. The molecule has 2 heteroatoms. The van der Waals surface area contributed by atoms with Gasteiger partial charge in [-0.05, 0) is 57.2 Å². The van der Waals surface area contributed by atoms with Crippen LogP contribution in [0.4, 0.5) is 0 Å². The molecule has 0 unspecified atom stereocenters. The van der Waals surface area contributed by atoms with E-state index < -0.39 is 0 Å². The van der Waals surface area contributed by atoms with Gasteiger partial charge >= 0.3 is 0 Å². The van der Waals surface area contributed by atoms with Crippen LogP contribution in [0.3, 0.4) is 0 Å². The predicted molar refractivity (Wildman–Crippen MR) is 60.2 cm³/mol. The van der Waals surface area contributed by atoms with Crippen molar-refractivity contribution in [2.45, 2.75) is 40.5 Å². The van der Waals surface area contributed by atoms with Crippen molar-refractivity contribution in [1.29, 1.82) is 0 Å². The third-order valence-electron chi connectivity index (χ3n) is 3.34. The Hall–Kier alpha value is -1.18. The van der Waals surface area contributed by atoms with Crippen LogP contribution in [0.5, 0.6) is 11.5 Å². The molecule has 1 aromatic carbocycles. The first-order valence-corrected chi connectivity index (χ1v) is 5.34. The molecule has 1 radical (unpaired) electrons. The lowest BCUT2D eigenvalue weighted by atomic mass is 9.92. The molecular formula is C13H17O2. The highest BCUT2D eigenvalue weighted by Gasteiger charge is 2.24. The SMILES string of the molecule is C[C]1CCc2c(C)c(O)c(C)c(C)c2O1. The molecule has 1 N–H and O–H groups in total. The molecule has 0 spiro atoms. The number of hydrogen-bond donors (Lipinski definition) is 1. The van der Waals surface area contributed by atoms with Crippen molar-refractivity contribution < 1.29 is 9.84 Å². The number of hydrogen-bond acceptors (Lipinski definition) is 2. The van der Waals surface area contributed by atoms with Gasteiger partial charge in [0.15, 0.2) is 0 Å². The van der Waals surface area contributed by atoms with Crippen LogP contribution in [0.2, 0.25) is 0 Å². The molecule has 0 amide bonds. The highest BCUT2D eigenvalue weighted by atomic mass is 16.5. The van der Waals surface area contributed by atoms with E-state index in [1.807, 2.05) is 27.7 Å². The summed E-state index contributed by atoms with van der Waals surface area (Å²) in [7, 11) is 0. The van der Waals surface area contributed by atoms with Gasteiger partial charge in [-0.15, -0.1) is 0 Å². The van der Waals surface area contributed by atoms with Crippen LogP contribution in [0.1, 0.15) is 35.6 Å². The highest BCUT2D eigenvalue weighted by Crippen LogP contribution is 2.41. The Balaban J connectivity index is 2.65. The lowest BCUT2D eigenvalue weighted by Gasteiger charge is -2.27. The number of rotatable bonds is 0. The smallest absolute Gasteiger partial charge is 0.146 e. The Kier molecular flexibility index (Phi) is 2.37. The summed E-state index contributed by atoms with van der Waals surface area (Å²) in [6.45, 7) is 7.92. The maximum absolute atomic E-state index is 9.95. The first-order valence-electron chi connectivity index (χ1n) is 5.34. The van der Waals surface area contributed by atoms with Crippen LogP contribution in [0.15, 0.2) is 0 Å². The fraction of sp³-hybridized carbons (Fsp3) is 0.462. The maximum Gasteiger partial charge on any atom is 0.146 e. The summed E-state index contributed by atoms with van der Waals surface area (Å²) in [5.41, 5.74) is 4.13. The molecule has 0 aliphatic carbocycles. The van der Waals surface area contributed by atoms with Crippen molar-refractivity contribution in [1.82, 2.24) is 0 Å². The first kappa shape index (κ1) is 10.3. The maximum atomic E-state index is 9.95. The average molecular weight is 205 g/mol. The molecule has 0 bridgehead atoms. The zero-order valence-electron chi connectivity index (χ0n) is 9.77. The van der Waals surface area contributed by atoms with E-state index in [4.69, 9.17) is 4.74 Å². The van der Waals surface area contributed by atoms with Gasteiger partial charge in [-0.3, -0.25) is 0 Å². The third-order valence-corrected chi connectivity index (χ3v) is 3.34. The Labute approximate surface area is 90.9 Å². The number of ether oxygens (including phenoxy) is 1. The number of fused-ring (bicyclic) bond motifs is 1. The standard InChI is InChI=1S/C13H17O2/c1-7-5-6-11-10(4)12(14)8(2)9(3)13(11)15-7/h14H,5-6H2,1-4H3. The monoisotopic (exact) mass is 205 g/mol. The van der Waals surface area contributed by atoms with Gasteiger partial charge in [-0.25, -0.2) is 0 Å².